The van der Waals surface area contributed by atoms with E-state index in [2.05, 4.69) is 5.32 Å². The average molecular weight is 882 g/mol. The fourth-order valence-electron chi connectivity index (χ4n) is 6.05. The van der Waals surface area contributed by atoms with Gasteiger partial charge in [-0.25, -0.2) is 9.59 Å². The van der Waals surface area contributed by atoms with Crippen LogP contribution in [0.2, 0.25) is 0 Å². The van der Waals surface area contributed by atoms with Crippen LogP contribution in [0.25, 0.3) is 0 Å². The van der Waals surface area contributed by atoms with Crippen molar-refractivity contribution in [2.24, 2.45) is 0 Å². The number of nitrogens with zero attached hydrogens (tertiary/aromatic N) is 2. The number of carbonyl (C=O) groups excluding carboxylic acids is 4. The third-order valence-electron chi connectivity index (χ3n) is 9.13. The second kappa shape index (κ2) is 16.7. The average Bonchev–Trinajstić information content (AvgIpc) is 3.41. The van der Waals surface area contributed by atoms with Crippen molar-refractivity contribution in [3.63, 3.8) is 0 Å². The largest absolute Gasteiger partial charge is 0.466 e. The number of non-ortho nitro benzene ring substituents is 1. The first-order valence-electron chi connectivity index (χ1n) is 16.8. The number of dihydropyridines is 1. The predicted octanol–water partition coefficient (Wildman–Crippen LogP) is 7.36. The van der Waals surface area contributed by atoms with Crippen LogP contribution in [0.3, 0.4) is 0 Å². The molecule has 2 aliphatic rings. The summed E-state index contributed by atoms with van der Waals surface area (Å²) in [4.78, 5) is 63.8. The molecule has 0 spiro atoms. The zero-order valence-corrected chi connectivity index (χ0v) is 30.4. The number of halogens is 13. The quantitative estimate of drug-likeness (QED) is 0.0426. The summed E-state index contributed by atoms with van der Waals surface area (Å²) in [7, 11) is 0.878. The molecule has 0 saturated heterocycles. The fraction of sp³-hybridized carbons (Fsp3) is 0.429. The predicted molar refractivity (Wildman–Crippen MR) is 174 cm³/mol. The standard InChI is InChI=1S/C35H28F13N3O9/c1-17-23(29(55)60-13-6-11-30(36,37)31(38,39)32(40,41)33(42,43)34(44,45)35(46,47)48)24(18-7-5-8-19(15-18)51(56)57)25(28(54)58-2)22(49-17)16-59-14-12-50-26(52)20-9-3-4-10-21(20)27(50)53/h3-5,7-10,15,24,49H,6,11-14,16H2,1-2H3. The maximum Gasteiger partial charge on any atom is 0.460 e. The highest BCUT2D eigenvalue weighted by atomic mass is 19.4. The van der Waals surface area contributed by atoms with Gasteiger partial charge in [0.2, 0.25) is 0 Å². The van der Waals surface area contributed by atoms with E-state index in [0.717, 1.165) is 37.1 Å². The summed E-state index contributed by atoms with van der Waals surface area (Å²) in [6.07, 6.45) is -11.9. The number of hydrogen-bond donors (Lipinski definition) is 1. The van der Waals surface area contributed by atoms with Crippen LogP contribution in [0.15, 0.2) is 71.1 Å². The van der Waals surface area contributed by atoms with Crippen LogP contribution >= 0.6 is 0 Å². The Labute approximate surface area is 328 Å². The lowest BCUT2D eigenvalue weighted by Crippen LogP contribution is -2.70. The molecular formula is C35H28F13N3O9. The van der Waals surface area contributed by atoms with E-state index < -0.39 is 113 Å². The zero-order chi connectivity index (χ0) is 45.4. The minimum absolute atomic E-state index is 0.136. The van der Waals surface area contributed by atoms with E-state index in [9.17, 15) is 86.4 Å². The van der Waals surface area contributed by atoms with Crippen molar-refractivity contribution in [3.8, 4) is 0 Å². The maximum absolute atomic E-state index is 14.4. The van der Waals surface area contributed by atoms with Crippen LogP contribution in [-0.4, -0.2) is 103 Å². The first-order chi connectivity index (χ1) is 27.6. The molecule has 12 nitrogen and oxygen atoms in total. The van der Waals surface area contributed by atoms with Gasteiger partial charge in [-0.1, -0.05) is 24.3 Å². The number of esters is 2. The molecule has 0 aromatic heterocycles. The van der Waals surface area contributed by atoms with Gasteiger partial charge in [-0.05, 0) is 31.0 Å². The van der Waals surface area contributed by atoms with E-state index in [0.29, 0.717) is 0 Å². The van der Waals surface area contributed by atoms with Gasteiger partial charge in [0.05, 0.1) is 72.3 Å². The zero-order valence-electron chi connectivity index (χ0n) is 30.4. The molecule has 0 bridgehead atoms. The molecule has 1 N–H and O–H groups in total. The van der Waals surface area contributed by atoms with Gasteiger partial charge in [-0.15, -0.1) is 0 Å². The van der Waals surface area contributed by atoms with Gasteiger partial charge in [-0.3, -0.25) is 24.6 Å². The molecular weight excluding hydrogens is 853 g/mol. The second-order valence-electron chi connectivity index (χ2n) is 12.9. The summed E-state index contributed by atoms with van der Waals surface area (Å²) in [6.45, 7) is -1.52. The number of carbonyl (C=O) groups is 4. The Balaban J connectivity index is 1.57. The summed E-state index contributed by atoms with van der Waals surface area (Å²) in [6, 6.07) is 10.1. The van der Waals surface area contributed by atoms with Gasteiger partial charge < -0.3 is 19.5 Å². The van der Waals surface area contributed by atoms with Gasteiger partial charge in [0, 0.05) is 24.3 Å². The Kier molecular flexibility index (Phi) is 13.1. The number of nitrogens with one attached hydrogen (secondary N) is 1. The lowest BCUT2D eigenvalue weighted by atomic mass is 9.80. The molecule has 2 aliphatic heterocycles. The molecule has 328 valence electrons. The molecule has 0 fully saturated rings. The molecule has 0 aliphatic carbocycles. The van der Waals surface area contributed by atoms with Crippen LogP contribution in [0, 0.1) is 10.1 Å². The summed E-state index contributed by atoms with van der Waals surface area (Å²) in [5, 5.41) is 14.2. The topological polar surface area (TPSA) is 154 Å². The van der Waals surface area contributed by atoms with Crippen molar-refractivity contribution in [1.29, 1.82) is 0 Å². The smallest absolute Gasteiger partial charge is 0.460 e. The summed E-state index contributed by atoms with van der Waals surface area (Å²) < 4.78 is 191. The summed E-state index contributed by atoms with van der Waals surface area (Å²) >= 11 is 0. The van der Waals surface area contributed by atoms with Crippen LogP contribution in [-0.2, 0) is 23.8 Å². The van der Waals surface area contributed by atoms with Gasteiger partial charge in [0.1, 0.15) is 0 Å². The van der Waals surface area contributed by atoms with E-state index in [-0.39, 0.29) is 41.2 Å². The van der Waals surface area contributed by atoms with Crippen molar-refractivity contribution in [2.45, 2.75) is 61.5 Å². The first-order valence-corrected chi connectivity index (χ1v) is 16.8. The summed E-state index contributed by atoms with van der Waals surface area (Å²) in [5.41, 5.74) is -2.08. The molecule has 2 aromatic carbocycles. The van der Waals surface area contributed by atoms with E-state index in [1.807, 2.05) is 0 Å². The van der Waals surface area contributed by atoms with Crippen LogP contribution in [0.1, 0.15) is 52.0 Å². The number of imide groups is 1. The molecule has 1 atom stereocenters. The monoisotopic (exact) mass is 881 g/mol. The lowest BCUT2D eigenvalue weighted by molar-refractivity contribution is -0.440. The van der Waals surface area contributed by atoms with Gasteiger partial charge in [-0.2, -0.15) is 57.1 Å². The van der Waals surface area contributed by atoms with Crippen molar-refractivity contribution in [3.05, 3.63) is 97.9 Å². The number of nitro groups is 1. The summed E-state index contributed by atoms with van der Waals surface area (Å²) in [5.74, 6) is -43.8. The lowest BCUT2D eigenvalue weighted by Gasteiger charge is -2.39. The molecule has 2 amide bonds. The highest BCUT2D eigenvalue weighted by molar-refractivity contribution is 6.21. The minimum Gasteiger partial charge on any atom is -0.466 e. The number of methoxy groups -OCH3 is 1. The van der Waals surface area contributed by atoms with Crippen molar-refractivity contribution in [1.82, 2.24) is 10.2 Å². The van der Waals surface area contributed by atoms with Crippen molar-refractivity contribution in [2.75, 3.05) is 33.5 Å². The second-order valence-corrected chi connectivity index (χ2v) is 12.9. The van der Waals surface area contributed by atoms with E-state index in [4.69, 9.17) is 14.2 Å². The van der Waals surface area contributed by atoms with Crippen LogP contribution in [0.5, 0.6) is 0 Å². The Morgan fingerprint density at radius 1 is 0.783 bits per heavy atom. The number of ether oxygens (including phenoxy) is 3. The van der Waals surface area contributed by atoms with Crippen LogP contribution < -0.4 is 5.32 Å². The first kappa shape index (κ1) is 46.9. The maximum atomic E-state index is 14.4. The van der Waals surface area contributed by atoms with E-state index >= 15 is 0 Å². The number of rotatable bonds is 17. The molecule has 0 radical (unpaired) electrons. The molecule has 2 aromatic rings. The third kappa shape index (κ3) is 8.22. The normalized spacial score (nSPS) is 16.9. The fourth-order valence-corrected chi connectivity index (χ4v) is 6.05. The number of nitro benzene ring substituents is 1. The van der Waals surface area contributed by atoms with E-state index in [1.165, 1.54) is 30.3 Å². The number of hydrogen-bond acceptors (Lipinski definition) is 10. The van der Waals surface area contributed by atoms with E-state index in [1.54, 1.807) is 0 Å². The Hall–Kier alpha value is -5.75. The molecule has 4 rings (SSSR count). The molecule has 25 heteroatoms. The Morgan fingerprint density at radius 2 is 1.35 bits per heavy atom. The number of fused-ring (bicyclic) bond motifs is 1. The van der Waals surface area contributed by atoms with Crippen molar-refractivity contribution < 1.29 is 95.4 Å². The molecule has 2 heterocycles. The molecule has 0 saturated carbocycles. The number of benzene rings is 2. The minimum atomic E-state index is -8.09. The Bertz CT molecular complexity index is 2090. The number of alkyl halides is 13. The highest BCUT2D eigenvalue weighted by Crippen LogP contribution is 2.60. The Morgan fingerprint density at radius 3 is 1.88 bits per heavy atom. The number of amides is 2. The molecule has 1 unspecified atom stereocenters. The van der Waals surface area contributed by atoms with Gasteiger partial charge >= 0.3 is 47.7 Å². The van der Waals surface area contributed by atoms with Gasteiger partial charge in [0.25, 0.3) is 17.5 Å². The highest BCUT2D eigenvalue weighted by Gasteiger charge is 2.90. The van der Waals surface area contributed by atoms with Crippen molar-refractivity contribution >= 4 is 29.4 Å². The molecule has 60 heavy (non-hydrogen) atoms. The van der Waals surface area contributed by atoms with Crippen LogP contribution in [0.4, 0.5) is 62.8 Å². The number of allylic oxidation sites excluding steroid dienone is 1. The van der Waals surface area contributed by atoms with Gasteiger partial charge in [0.15, 0.2) is 0 Å². The third-order valence-corrected chi connectivity index (χ3v) is 9.13. The SMILES string of the molecule is COC(=O)C1=C(COCCN2C(=O)c3ccccc3C2=O)NC(C)=C(C(=O)OCCCC(F)(F)C(F)(F)C(F)(F)C(F)(F)C(F)(F)C(F)(F)F)C1c1cccc([N+](=O)[O-])c1.